The third kappa shape index (κ3) is 4.00. The molecule has 1 heterocycles. The smallest absolute Gasteiger partial charge is 0.330 e. The molecule has 0 amide bonds. The normalized spacial score (nSPS) is 12.6. The third-order valence-electron chi connectivity index (χ3n) is 1.72. The molecule has 5 nitrogen and oxygen atoms in total. The van der Waals surface area contributed by atoms with Crippen LogP contribution in [0.4, 0.5) is 0 Å². The fourth-order valence-corrected chi connectivity index (χ4v) is 1.26. The summed E-state index contributed by atoms with van der Waals surface area (Å²) in [6.45, 7) is 5.19. The van der Waals surface area contributed by atoms with E-state index in [1.165, 1.54) is 12.4 Å². The summed E-state index contributed by atoms with van der Waals surface area (Å²) in [6, 6.07) is 3.22. The number of nitrogens with zero attached hydrogens (tertiary/aromatic N) is 3. The van der Waals surface area contributed by atoms with Crippen LogP contribution in [0.25, 0.3) is 0 Å². The van der Waals surface area contributed by atoms with E-state index >= 15 is 0 Å². The summed E-state index contributed by atoms with van der Waals surface area (Å²) in [6.07, 6.45) is 1.20. The lowest BCUT2D eigenvalue weighted by Crippen LogP contribution is -2.27. The van der Waals surface area contributed by atoms with E-state index in [2.05, 4.69) is 9.97 Å². The van der Waals surface area contributed by atoms with Crippen LogP contribution in [0.5, 0.6) is 0 Å². The number of hydrogen-bond donors (Lipinski definition) is 0. The fraction of sp³-hybridized carbons (Fsp3) is 0.455. The molecule has 0 aromatic carbocycles. The fourth-order valence-electron chi connectivity index (χ4n) is 1.11. The van der Waals surface area contributed by atoms with Crippen LogP contribution < -0.4 is 0 Å². The number of aromatic nitrogens is 2. The number of rotatable bonds is 2. The van der Waals surface area contributed by atoms with Gasteiger partial charge in [0.25, 0.3) is 0 Å². The molecule has 0 radical (unpaired) electrons. The number of ether oxygens (including phenoxy) is 1. The molecule has 1 aromatic heterocycles. The molecular weight excluding hydrogens is 242 g/mol. The summed E-state index contributed by atoms with van der Waals surface area (Å²) in [5.74, 6) is -1.73. The average Bonchev–Trinajstić information content (AvgIpc) is 2.15. The molecule has 1 unspecified atom stereocenters. The second-order valence-electron chi connectivity index (χ2n) is 4.36. The van der Waals surface area contributed by atoms with Crippen LogP contribution in [0, 0.1) is 11.3 Å². The van der Waals surface area contributed by atoms with Gasteiger partial charge in [0.1, 0.15) is 17.1 Å². The number of hydrogen-bond acceptors (Lipinski definition) is 5. The van der Waals surface area contributed by atoms with Crippen LogP contribution in [0.15, 0.2) is 12.4 Å². The van der Waals surface area contributed by atoms with Crippen molar-refractivity contribution in [3.8, 4) is 6.07 Å². The molecule has 0 aliphatic carbocycles. The van der Waals surface area contributed by atoms with E-state index in [1.54, 1.807) is 20.8 Å². The molecule has 0 spiro atoms. The number of esters is 1. The Kier molecular flexibility index (Phi) is 4.02. The van der Waals surface area contributed by atoms with E-state index < -0.39 is 17.5 Å². The maximum absolute atomic E-state index is 11.8. The predicted octanol–water partition coefficient (Wildman–Crippen LogP) is 2.08. The Morgan fingerprint density at radius 1 is 1.53 bits per heavy atom. The van der Waals surface area contributed by atoms with Crippen molar-refractivity contribution in [3.05, 3.63) is 23.2 Å². The largest absolute Gasteiger partial charge is 0.459 e. The van der Waals surface area contributed by atoms with Crippen LogP contribution in [0.1, 0.15) is 32.4 Å². The van der Waals surface area contributed by atoms with E-state index in [0.29, 0.717) is 0 Å². The molecule has 90 valence electrons. The highest BCUT2D eigenvalue weighted by Crippen LogP contribution is 2.19. The van der Waals surface area contributed by atoms with Crippen molar-refractivity contribution >= 4 is 17.6 Å². The van der Waals surface area contributed by atoms with Gasteiger partial charge in [-0.05, 0) is 26.8 Å². The van der Waals surface area contributed by atoms with Gasteiger partial charge in [-0.1, -0.05) is 11.6 Å². The lowest BCUT2D eigenvalue weighted by molar-refractivity contribution is -0.155. The monoisotopic (exact) mass is 253 g/mol. The first-order valence-electron chi connectivity index (χ1n) is 4.93. The zero-order valence-electron chi connectivity index (χ0n) is 9.77. The SMILES string of the molecule is CC(C)(C)OC(=O)C(C#N)c1cc(Cl)ncn1. The van der Waals surface area contributed by atoms with Crippen molar-refractivity contribution in [2.45, 2.75) is 32.3 Å². The first-order chi connectivity index (χ1) is 7.83. The molecule has 0 aliphatic heterocycles. The van der Waals surface area contributed by atoms with E-state index in [0.717, 1.165) is 0 Å². The minimum atomic E-state index is -1.09. The zero-order valence-corrected chi connectivity index (χ0v) is 10.5. The van der Waals surface area contributed by atoms with Crippen LogP contribution in [0.3, 0.4) is 0 Å². The van der Waals surface area contributed by atoms with Crippen molar-refractivity contribution < 1.29 is 9.53 Å². The van der Waals surface area contributed by atoms with Crippen LogP contribution >= 0.6 is 11.6 Å². The maximum Gasteiger partial charge on any atom is 0.330 e. The van der Waals surface area contributed by atoms with Crippen molar-refractivity contribution in [3.63, 3.8) is 0 Å². The molecule has 1 rings (SSSR count). The van der Waals surface area contributed by atoms with Gasteiger partial charge in [-0.2, -0.15) is 5.26 Å². The Morgan fingerprint density at radius 2 is 2.18 bits per heavy atom. The van der Waals surface area contributed by atoms with E-state index in [4.69, 9.17) is 21.6 Å². The van der Waals surface area contributed by atoms with Gasteiger partial charge in [0.15, 0.2) is 5.92 Å². The van der Waals surface area contributed by atoms with Crippen molar-refractivity contribution in [2.75, 3.05) is 0 Å². The molecule has 0 N–H and O–H groups in total. The molecule has 1 aromatic rings. The highest BCUT2D eigenvalue weighted by Gasteiger charge is 2.27. The van der Waals surface area contributed by atoms with Crippen molar-refractivity contribution in [1.29, 1.82) is 5.26 Å². The van der Waals surface area contributed by atoms with Crippen molar-refractivity contribution in [2.24, 2.45) is 0 Å². The topological polar surface area (TPSA) is 75.9 Å². The Labute approximate surface area is 104 Å². The Hall–Kier alpha value is -1.67. The standard InChI is InChI=1S/C11H12ClN3O2/c1-11(2,3)17-10(16)7(5-13)8-4-9(12)15-6-14-8/h4,6-7H,1-3H3. The second kappa shape index (κ2) is 5.11. The molecule has 0 fully saturated rings. The maximum atomic E-state index is 11.8. The first kappa shape index (κ1) is 13.4. The molecular formula is C11H12ClN3O2. The van der Waals surface area contributed by atoms with Gasteiger partial charge in [0.2, 0.25) is 0 Å². The van der Waals surface area contributed by atoms with Gasteiger partial charge >= 0.3 is 5.97 Å². The molecule has 0 saturated heterocycles. The van der Waals surface area contributed by atoms with E-state index in [9.17, 15) is 4.79 Å². The van der Waals surface area contributed by atoms with Gasteiger partial charge in [0, 0.05) is 0 Å². The zero-order chi connectivity index (χ0) is 13.1. The Morgan fingerprint density at radius 3 is 2.65 bits per heavy atom. The Bertz CT molecular complexity index is 463. The highest BCUT2D eigenvalue weighted by atomic mass is 35.5. The molecule has 0 aliphatic rings. The number of halogens is 1. The van der Waals surface area contributed by atoms with Crippen LogP contribution in [-0.2, 0) is 9.53 Å². The molecule has 0 saturated carbocycles. The summed E-state index contributed by atoms with van der Waals surface area (Å²) in [7, 11) is 0. The third-order valence-corrected chi connectivity index (χ3v) is 1.93. The number of nitriles is 1. The van der Waals surface area contributed by atoms with Gasteiger partial charge in [-0.25, -0.2) is 9.97 Å². The molecule has 0 bridgehead atoms. The van der Waals surface area contributed by atoms with Gasteiger partial charge < -0.3 is 4.74 Å². The van der Waals surface area contributed by atoms with E-state index in [-0.39, 0.29) is 10.8 Å². The summed E-state index contributed by atoms with van der Waals surface area (Å²) in [5, 5.41) is 9.16. The van der Waals surface area contributed by atoms with E-state index in [1.807, 2.05) is 6.07 Å². The Balaban J connectivity index is 2.94. The highest BCUT2D eigenvalue weighted by molar-refractivity contribution is 6.29. The summed E-state index contributed by atoms with van der Waals surface area (Å²) in [4.78, 5) is 19.3. The van der Waals surface area contributed by atoms with Crippen LogP contribution in [-0.4, -0.2) is 21.5 Å². The van der Waals surface area contributed by atoms with Crippen molar-refractivity contribution in [1.82, 2.24) is 9.97 Å². The molecule has 17 heavy (non-hydrogen) atoms. The quantitative estimate of drug-likeness (QED) is 0.596. The number of carbonyl (C=O) groups excluding carboxylic acids is 1. The summed E-state index contributed by atoms with van der Waals surface area (Å²) < 4.78 is 5.12. The van der Waals surface area contributed by atoms with Crippen LogP contribution in [0.2, 0.25) is 5.15 Å². The first-order valence-corrected chi connectivity index (χ1v) is 5.31. The summed E-state index contributed by atoms with van der Waals surface area (Å²) in [5.41, 5.74) is -0.412. The van der Waals surface area contributed by atoms with Gasteiger partial charge in [0.05, 0.1) is 11.8 Å². The lowest BCUT2D eigenvalue weighted by Gasteiger charge is -2.21. The molecule has 6 heteroatoms. The minimum absolute atomic E-state index is 0.179. The van der Waals surface area contributed by atoms with Gasteiger partial charge in [-0.3, -0.25) is 4.79 Å². The minimum Gasteiger partial charge on any atom is -0.459 e. The summed E-state index contributed by atoms with van der Waals surface area (Å²) >= 11 is 5.67. The molecule has 1 atom stereocenters. The lowest BCUT2D eigenvalue weighted by atomic mass is 10.1. The average molecular weight is 254 g/mol. The second-order valence-corrected chi connectivity index (χ2v) is 4.75. The number of carbonyl (C=O) groups is 1. The van der Waals surface area contributed by atoms with Gasteiger partial charge in [-0.15, -0.1) is 0 Å². The predicted molar refractivity (Wildman–Crippen MR) is 61.2 cm³/mol.